The standard InChI is InChI=1S/C22H19FN6OS/c1-28-13-24-26-22(28)31-17-11-7-15(8-12-17)25-21(30)20-18-3-2-4-19(18)29(27-20)16-9-5-14(23)6-10-16/h5-13H,2-4H2,1H3,(H,25,30). The number of rotatable bonds is 5. The summed E-state index contributed by atoms with van der Waals surface area (Å²) < 4.78 is 16.9. The molecule has 9 heteroatoms. The van der Waals surface area contributed by atoms with Crippen molar-refractivity contribution in [3.63, 3.8) is 0 Å². The van der Waals surface area contributed by atoms with E-state index in [0.717, 1.165) is 46.3 Å². The average molecular weight is 435 g/mol. The molecule has 2 aromatic heterocycles. The van der Waals surface area contributed by atoms with Crippen LogP contribution in [0.3, 0.4) is 0 Å². The monoisotopic (exact) mass is 434 g/mol. The molecule has 1 amide bonds. The maximum absolute atomic E-state index is 13.3. The van der Waals surface area contributed by atoms with Gasteiger partial charge in [0.1, 0.15) is 12.1 Å². The molecular weight excluding hydrogens is 415 g/mol. The summed E-state index contributed by atoms with van der Waals surface area (Å²) in [5.74, 6) is -0.543. The maximum Gasteiger partial charge on any atom is 0.276 e. The second kappa shape index (κ2) is 7.99. The number of hydrogen-bond acceptors (Lipinski definition) is 5. The number of hydrogen-bond donors (Lipinski definition) is 1. The molecule has 0 aliphatic heterocycles. The summed E-state index contributed by atoms with van der Waals surface area (Å²) in [7, 11) is 1.89. The third-order valence-electron chi connectivity index (χ3n) is 5.21. The van der Waals surface area contributed by atoms with Gasteiger partial charge in [0, 0.05) is 28.9 Å². The van der Waals surface area contributed by atoms with Crippen LogP contribution in [0.15, 0.2) is 64.9 Å². The Morgan fingerprint density at radius 2 is 1.87 bits per heavy atom. The minimum atomic E-state index is -0.300. The fourth-order valence-corrected chi connectivity index (χ4v) is 4.44. The molecule has 7 nitrogen and oxygen atoms in total. The number of benzene rings is 2. The summed E-state index contributed by atoms with van der Waals surface area (Å²) in [6.07, 6.45) is 4.29. The Morgan fingerprint density at radius 1 is 1.10 bits per heavy atom. The van der Waals surface area contributed by atoms with Crippen LogP contribution in [0.4, 0.5) is 10.1 Å². The number of nitrogens with one attached hydrogen (secondary N) is 1. The third-order valence-corrected chi connectivity index (χ3v) is 6.27. The molecule has 2 aromatic carbocycles. The lowest BCUT2D eigenvalue weighted by atomic mass is 10.2. The highest BCUT2D eigenvalue weighted by Crippen LogP contribution is 2.29. The molecule has 0 unspecified atom stereocenters. The lowest BCUT2D eigenvalue weighted by Gasteiger charge is -2.06. The van der Waals surface area contributed by atoms with E-state index < -0.39 is 0 Å². The Bertz CT molecular complexity index is 1250. The summed E-state index contributed by atoms with van der Waals surface area (Å²) >= 11 is 1.50. The van der Waals surface area contributed by atoms with Crippen molar-refractivity contribution in [2.24, 2.45) is 7.05 Å². The first-order valence-corrected chi connectivity index (χ1v) is 10.7. The molecule has 4 aromatic rings. The zero-order valence-corrected chi connectivity index (χ0v) is 17.6. The molecular formula is C22H19FN6OS. The van der Waals surface area contributed by atoms with E-state index in [2.05, 4.69) is 20.6 Å². The summed E-state index contributed by atoms with van der Waals surface area (Å²) in [6, 6.07) is 13.7. The minimum Gasteiger partial charge on any atom is -0.321 e. The number of amides is 1. The van der Waals surface area contributed by atoms with Gasteiger partial charge < -0.3 is 9.88 Å². The summed E-state index contributed by atoms with van der Waals surface area (Å²) in [5.41, 5.74) is 3.86. The van der Waals surface area contributed by atoms with E-state index >= 15 is 0 Å². The molecule has 2 heterocycles. The van der Waals surface area contributed by atoms with E-state index in [4.69, 9.17) is 0 Å². The van der Waals surface area contributed by atoms with Gasteiger partial charge in [-0.25, -0.2) is 9.07 Å². The fourth-order valence-electron chi connectivity index (χ4n) is 3.68. The van der Waals surface area contributed by atoms with Crippen LogP contribution >= 0.6 is 11.8 Å². The predicted molar refractivity (Wildman–Crippen MR) is 115 cm³/mol. The van der Waals surface area contributed by atoms with Crippen molar-refractivity contribution >= 4 is 23.4 Å². The zero-order chi connectivity index (χ0) is 21.4. The third kappa shape index (κ3) is 3.84. The molecule has 1 N–H and O–H groups in total. The first-order chi connectivity index (χ1) is 15.1. The number of carbonyl (C=O) groups excluding carboxylic acids is 1. The predicted octanol–water partition coefficient (Wildman–Crippen LogP) is 4.03. The van der Waals surface area contributed by atoms with Crippen molar-refractivity contribution in [3.05, 3.63) is 77.6 Å². The van der Waals surface area contributed by atoms with Crippen molar-refractivity contribution in [1.82, 2.24) is 24.5 Å². The number of anilines is 1. The average Bonchev–Trinajstić information content (AvgIpc) is 3.48. The van der Waals surface area contributed by atoms with Crippen LogP contribution in [-0.4, -0.2) is 30.5 Å². The molecule has 0 bridgehead atoms. The van der Waals surface area contributed by atoms with Crippen molar-refractivity contribution in [3.8, 4) is 5.69 Å². The largest absolute Gasteiger partial charge is 0.321 e. The van der Waals surface area contributed by atoms with Gasteiger partial charge in [-0.15, -0.1) is 10.2 Å². The van der Waals surface area contributed by atoms with Gasteiger partial charge in [-0.1, -0.05) is 0 Å². The summed E-state index contributed by atoms with van der Waals surface area (Å²) in [4.78, 5) is 14.0. The first-order valence-electron chi connectivity index (χ1n) is 9.88. The summed E-state index contributed by atoms with van der Waals surface area (Å²) in [6.45, 7) is 0. The van der Waals surface area contributed by atoms with Crippen LogP contribution in [0.2, 0.25) is 0 Å². The van der Waals surface area contributed by atoms with Gasteiger partial charge in [0.2, 0.25) is 0 Å². The van der Waals surface area contributed by atoms with Gasteiger partial charge in [-0.3, -0.25) is 4.79 Å². The number of aryl methyl sites for hydroxylation is 1. The van der Waals surface area contributed by atoms with Crippen LogP contribution in [0.1, 0.15) is 28.2 Å². The van der Waals surface area contributed by atoms with E-state index in [1.807, 2.05) is 35.9 Å². The van der Waals surface area contributed by atoms with Gasteiger partial charge in [0.25, 0.3) is 5.91 Å². The first kappa shape index (κ1) is 19.5. The Labute approximate surface area is 182 Å². The van der Waals surface area contributed by atoms with Crippen LogP contribution in [-0.2, 0) is 19.9 Å². The van der Waals surface area contributed by atoms with Crippen molar-refractivity contribution in [2.45, 2.75) is 29.3 Å². The second-order valence-electron chi connectivity index (χ2n) is 7.32. The quantitative estimate of drug-likeness (QED) is 0.513. The van der Waals surface area contributed by atoms with Crippen molar-refractivity contribution < 1.29 is 9.18 Å². The minimum absolute atomic E-state index is 0.243. The molecule has 0 saturated heterocycles. The van der Waals surface area contributed by atoms with E-state index in [-0.39, 0.29) is 11.7 Å². The lowest BCUT2D eigenvalue weighted by molar-refractivity contribution is 0.102. The number of halogens is 1. The number of fused-ring (bicyclic) bond motifs is 1. The zero-order valence-electron chi connectivity index (χ0n) is 16.7. The maximum atomic E-state index is 13.3. The number of carbonyl (C=O) groups is 1. The van der Waals surface area contributed by atoms with Crippen LogP contribution in [0.25, 0.3) is 5.69 Å². The van der Waals surface area contributed by atoms with Crippen LogP contribution in [0.5, 0.6) is 0 Å². The van der Waals surface area contributed by atoms with Crippen molar-refractivity contribution in [2.75, 3.05) is 5.32 Å². The highest BCUT2D eigenvalue weighted by molar-refractivity contribution is 7.99. The fraction of sp³-hybridized carbons (Fsp3) is 0.182. The van der Waals surface area contributed by atoms with E-state index in [9.17, 15) is 9.18 Å². The Balaban J connectivity index is 1.35. The van der Waals surface area contributed by atoms with Gasteiger partial charge in [-0.05, 0) is 79.6 Å². The second-order valence-corrected chi connectivity index (χ2v) is 8.36. The molecule has 0 fully saturated rings. The molecule has 156 valence electrons. The summed E-state index contributed by atoms with van der Waals surface area (Å²) in [5, 5.41) is 16.2. The van der Waals surface area contributed by atoms with Gasteiger partial charge in [0.15, 0.2) is 10.9 Å². The SMILES string of the molecule is Cn1cnnc1Sc1ccc(NC(=O)c2nn(-c3ccc(F)cc3)c3c2CCC3)cc1. The molecule has 0 atom stereocenters. The van der Waals surface area contributed by atoms with E-state index in [1.165, 1.54) is 23.9 Å². The number of aromatic nitrogens is 5. The topological polar surface area (TPSA) is 77.6 Å². The normalized spacial score (nSPS) is 12.7. The molecule has 31 heavy (non-hydrogen) atoms. The Kier molecular flexibility index (Phi) is 5.03. The van der Waals surface area contributed by atoms with E-state index in [1.54, 1.807) is 23.1 Å². The Morgan fingerprint density at radius 3 is 2.58 bits per heavy atom. The van der Waals surface area contributed by atoms with Crippen molar-refractivity contribution in [1.29, 1.82) is 0 Å². The van der Waals surface area contributed by atoms with Gasteiger partial charge in [-0.2, -0.15) is 5.10 Å². The Hall–Kier alpha value is -3.46. The molecule has 0 spiro atoms. The molecule has 0 saturated carbocycles. The molecule has 1 aliphatic rings. The molecule has 0 radical (unpaired) electrons. The van der Waals surface area contributed by atoms with E-state index in [0.29, 0.717) is 11.4 Å². The lowest BCUT2D eigenvalue weighted by Crippen LogP contribution is -2.15. The highest BCUT2D eigenvalue weighted by atomic mass is 32.2. The van der Waals surface area contributed by atoms with Gasteiger partial charge in [0.05, 0.1) is 5.69 Å². The number of nitrogens with zero attached hydrogens (tertiary/aromatic N) is 5. The van der Waals surface area contributed by atoms with Crippen LogP contribution in [0, 0.1) is 5.82 Å². The smallest absolute Gasteiger partial charge is 0.276 e. The highest BCUT2D eigenvalue weighted by Gasteiger charge is 2.27. The molecule has 5 rings (SSSR count). The van der Waals surface area contributed by atoms with Gasteiger partial charge >= 0.3 is 0 Å². The van der Waals surface area contributed by atoms with Crippen LogP contribution < -0.4 is 5.32 Å². The molecule has 1 aliphatic carbocycles.